The summed E-state index contributed by atoms with van der Waals surface area (Å²) in [5.41, 5.74) is 0. The summed E-state index contributed by atoms with van der Waals surface area (Å²) in [5.74, 6) is 0. The minimum atomic E-state index is 0. The predicted octanol–water partition coefficient (Wildman–Crippen LogP) is -4.47. The summed E-state index contributed by atoms with van der Waals surface area (Å²) in [7, 11) is 0. The van der Waals surface area contributed by atoms with E-state index in [9.17, 15) is 0 Å². The molecule has 0 amide bonds. The zero-order valence-corrected chi connectivity index (χ0v) is 7.45. The first kappa shape index (κ1) is 32.2. The van der Waals surface area contributed by atoms with Crippen LogP contribution >= 0.6 is 0 Å². The SMILES string of the molecule is [BiH3].[CaH2].[Cu].[PbH4].[SrH2]. The van der Waals surface area contributed by atoms with Crippen LogP contribution in [0.3, 0.4) is 0 Å². The van der Waals surface area contributed by atoms with Crippen molar-refractivity contribution in [2.75, 3.05) is 0 Å². The molecule has 0 saturated carbocycles. The molecule has 0 aliphatic rings. The quantitative estimate of drug-likeness (QED) is 0.241. The Balaban J connectivity index is 0. The normalized spacial score (nSPS) is 0. The molecule has 0 bridgehead atoms. The summed E-state index contributed by atoms with van der Waals surface area (Å²) in [4.78, 5) is 0. The molecular weight excluding hydrogens is 607 g/mol. The Bertz CT molecular complexity index is 11.6. The molecule has 0 aromatic carbocycles. The Hall–Kier alpha value is 5.06. The van der Waals surface area contributed by atoms with Gasteiger partial charge in [0, 0.05) is 17.1 Å². The number of hydrogen-bond acceptors (Lipinski definition) is 0. The predicted molar refractivity (Wildman–Crippen MR) is 38.4 cm³/mol. The molecule has 0 aliphatic heterocycles. The summed E-state index contributed by atoms with van der Waals surface area (Å²) < 4.78 is 0. The first-order chi connectivity index (χ1) is 0. The molecule has 5 heavy (non-hydrogen) atoms. The molecule has 0 atom stereocenters. The topological polar surface area (TPSA) is 0 Å². The molecule has 0 aromatic rings. The van der Waals surface area contributed by atoms with E-state index in [1.165, 1.54) is 0 Å². The third kappa shape index (κ3) is 17.6. The fraction of sp³-hybridized carbons (Fsp3) is 0. The molecule has 5 heteroatoms. The average molecular weight is 619 g/mol. The molecule has 0 aromatic heterocycles. The van der Waals surface area contributed by atoms with E-state index in [0.29, 0.717) is 0 Å². The van der Waals surface area contributed by atoms with Gasteiger partial charge < -0.3 is 0 Å². The van der Waals surface area contributed by atoms with Crippen LogP contribution in [-0.2, 0) is 17.1 Å². The summed E-state index contributed by atoms with van der Waals surface area (Å²) in [6, 6.07) is 0. The Morgan fingerprint density at radius 3 is 1.00 bits per heavy atom. The van der Waals surface area contributed by atoms with Gasteiger partial charge in [0.2, 0.25) is 0 Å². The van der Waals surface area contributed by atoms with Gasteiger partial charge >= 0.3 is 137 Å². The monoisotopic (exact) mass is 619 g/mol. The molecule has 0 rings (SSSR count). The van der Waals surface area contributed by atoms with E-state index >= 15 is 0 Å². The van der Waals surface area contributed by atoms with Gasteiger partial charge in [0.05, 0.1) is 0 Å². The van der Waals surface area contributed by atoms with Gasteiger partial charge in [-0.25, -0.2) is 0 Å². The van der Waals surface area contributed by atoms with Crippen molar-refractivity contribution < 1.29 is 17.1 Å². The molecule has 0 aliphatic carbocycles. The standard InChI is InChI=1S/Bi.Ca.Cu.Pb.Sr.11H. The number of rotatable bonds is 0. The number of hydrogen-bond donors (Lipinski definition) is 0. The summed E-state index contributed by atoms with van der Waals surface area (Å²) in [5, 5.41) is 0. The van der Waals surface area contributed by atoms with Gasteiger partial charge in [-0.2, -0.15) is 0 Å². The summed E-state index contributed by atoms with van der Waals surface area (Å²) in [6.07, 6.45) is 0. The van der Waals surface area contributed by atoms with Crippen LogP contribution in [0.1, 0.15) is 0 Å². The molecule has 1 radical (unpaired) electrons. The molecule has 35 valence electrons. The van der Waals surface area contributed by atoms with Crippen molar-refractivity contribution >= 4 is 137 Å². The van der Waals surface area contributed by atoms with E-state index in [1.807, 2.05) is 0 Å². The first-order valence-corrected chi connectivity index (χ1v) is 0. The van der Waals surface area contributed by atoms with Crippen molar-refractivity contribution in [3.05, 3.63) is 0 Å². The molecule has 0 nitrogen and oxygen atoms in total. The maximum absolute atomic E-state index is 0. The van der Waals surface area contributed by atoms with Crippen LogP contribution in [0.4, 0.5) is 0 Å². The van der Waals surface area contributed by atoms with Gasteiger partial charge in [-0.15, -0.1) is 0 Å². The van der Waals surface area contributed by atoms with Crippen molar-refractivity contribution in [2.24, 2.45) is 0 Å². The Morgan fingerprint density at radius 1 is 1.00 bits per heavy atom. The van der Waals surface area contributed by atoms with E-state index in [4.69, 9.17) is 0 Å². The van der Waals surface area contributed by atoms with Crippen LogP contribution in [0, 0.1) is 0 Å². The van der Waals surface area contributed by atoms with E-state index < -0.39 is 0 Å². The zero-order valence-electron chi connectivity index (χ0n) is 1.01. The van der Waals surface area contributed by atoms with Gasteiger partial charge in [0.25, 0.3) is 0 Å². The molecule has 0 unspecified atom stereocenters. The average Bonchev–Trinajstić information content (AvgIpc) is 0. The van der Waals surface area contributed by atoms with Crippen molar-refractivity contribution in [1.29, 1.82) is 0 Å². The second kappa shape index (κ2) is 23.0. The van der Waals surface area contributed by atoms with Crippen molar-refractivity contribution in [1.82, 2.24) is 0 Å². The fourth-order valence-electron chi connectivity index (χ4n) is 0. The van der Waals surface area contributed by atoms with Gasteiger partial charge in [-0.3, -0.25) is 0 Å². The van der Waals surface area contributed by atoms with E-state index in [0.717, 1.165) is 0 Å². The van der Waals surface area contributed by atoms with Crippen LogP contribution in [0.2, 0.25) is 0 Å². The van der Waals surface area contributed by atoms with Crippen molar-refractivity contribution in [2.45, 2.75) is 0 Å². The van der Waals surface area contributed by atoms with E-state index in [1.54, 1.807) is 0 Å². The Kier molecular flexibility index (Phi) is 148. The Morgan fingerprint density at radius 2 is 1.00 bits per heavy atom. The first-order valence-electron chi connectivity index (χ1n) is 0. The van der Waals surface area contributed by atoms with E-state index in [2.05, 4.69) is 0 Å². The molecule has 0 saturated heterocycles. The van der Waals surface area contributed by atoms with Crippen LogP contribution < -0.4 is 0 Å². The van der Waals surface area contributed by atoms with Crippen LogP contribution in [0.5, 0.6) is 0 Å². The minimum absolute atomic E-state index is 0. The molecular formula is H11BiCaCuPbSr. The van der Waals surface area contributed by atoms with Gasteiger partial charge in [0.15, 0.2) is 0 Å². The van der Waals surface area contributed by atoms with E-state index in [-0.39, 0.29) is 154 Å². The second-order valence-corrected chi connectivity index (χ2v) is 0. The molecule has 0 spiro atoms. The Labute approximate surface area is 149 Å². The van der Waals surface area contributed by atoms with Crippen LogP contribution in [0.15, 0.2) is 0 Å². The molecule has 0 heterocycles. The molecule has 0 N–H and O–H groups in total. The summed E-state index contributed by atoms with van der Waals surface area (Å²) >= 11 is 0. The van der Waals surface area contributed by atoms with Gasteiger partial charge in [-0.1, -0.05) is 0 Å². The van der Waals surface area contributed by atoms with Gasteiger partial charge in [-0.05, 0) is 0 Å². The maximum atomic E-state index is 0. The fourth-order valence-corrected chi connectivity index (χ4v) is 0. The van der Waals surface area contributed by atoms with Crippen LogP contribution in [0.25, 0.3) is 0 Å². The van der Waals surface area contributed by atoms with Crippen LogP contribution in [-0.4, -0.2) is 137 Å². The summed E-state index contributed by atoms with van der Waals surface area (Å²) in [6.45, 7) is 0. The third-order valence-electron chi connectivity index (χ3n) is 0. The van der Waals surface area contributed by atoms with Crippen molar-refractivity contribution in [3.8, 4) is 0 Å². The zero-order chi connectivity index (χ0) is 0. The van der Waals surface area contributed by atoms with Gasteiger partial charge in [0.1, 0.15) is 0 Å². The third-order valence-corrected chi connectivity index (χ3v) is 0. The van der Waals surface area contributed by atoms with Crippen molar-refractivity contribution in [3.63, 3.8) is 0 Å². The molecule has 0 fully saturated rings. The second-order valence-electron chi connectivity index (χ2n) is 0.